The Morgan fingerprint density at radius 2 is 2.08 bits per heavy atom. The van der Waals surface area contributed by atoms with Crippen LogP contribution in [0.2, 0.25) is 0 Å². The third kappa shape index (κ3) is 4.09. The summed E-state index contributed by atoms with van der Waals surface area (Å²) in [6.07, 6.45) is 7.42. The van der Waals surface area contributed by atoms with Gasteiger partial charge in [0.2, 0.25) is 5.79 Å². The maximum Gasteiger partial charge on any atom is 0.319 e. The molecule has 2 unspecified atom stereocenters. The molecule has 146 valence electrons. The van der Waals surface area contributed by atoms with Crippen molar-refractivity contribution in [1.29, 1.82) is 0 Å². The SMILES string of the molecule is C=CC1=C(CCC)C(C(C=O)C(=O)OC(C)(C)OC)CC12CCNCC2. The Kier molecular flexibility index (Phi) is 6.80. The average Bonchev–Trinajstić information content (AvgIpc) is 2.89. The number of ether oxygens (including phenoxy) is 2. The fourth-order valence-corrected chi connectivity index (χ4v) is 4.52. The van der Waals surface area contributed by atoms with Crippen LogP contribution in [0.5, 0.6) is 0 Å². The van der Waals surface area contributed by atoms with Crippen LogP contribution < -0.4 is 5.32 Å². The average molecular weight is 363 g/mol. The molecule has 26 heavy (non-hydrogen) atoms. The normalized spacial score (nSPS) is 23.8. The Labute approximate surface area is 157 Å². The summed E-state index contributed by atoms with van der Waals surface area (Å²) in [7, 11) is 1.49. The van der Waals surface area contributed by atoms with Gasteiger partial charge in [-0.2, -0.15) is 0 Å². The number of methoxy groups -OCH3 is 1. The summed E-state index contributed by atoms with van der Waals surface area (Å²) in [4.78, 5) is 24.7. The predicted octanol–water partition coefficient (Wildman–Crippen LogP) is 3.40. The second-order valence-corrected chi connectivity index (χ2v) is 7.92. The van der Waals surface area contributed by atoms with Crippen molar-refractivity contribution in [2.75, 3.05) is 20.2 Å². The molecule has 5 nitrogen and oxygen atoms in total. The van der Waals surface area contributed by atoms with E-state index in [1.165, 1.54) is 18.3 Å². The number of rotatable bonds is 8. The molecule has 1 spiro atoms. The summed E-state index contributed by atoms with van der Waals surface area (Å²) in [5.41, 5.74) is 2.51. The van der Waals surface area contributed by atoms with Crippen LogP contribution in [0.15, 0.2) is 23.8 Å². The molecule has 0 aromatic rings. The van der Waals surface area contributed by atoms with Crippen LogP contribution >= 0.6 is 0 Å². The number of piperidine rings is 1. The molecule has 1 aliphatic carbocycles. The Morgan fingerprint density at radius 3 is 2.58 bits per heavy atom. The van der Waals surface area contributed by atoms with Gasteiger partial charge in [-0.05, 0) is 49.8 Å². The molecule has 0 aromatic heterocycles. The van der Waals surface area contributed by atoms with E-state index in [1.807, 2.05) is 6.08 Å². The lowest BCUT2D eigenvalue weighted by molar-refractivity contribution is -0.210. The van der Waals surface area contributed by atoms with Crippen LogP contribution in [0.25, 0.3) is 0 Å². The van der Waals surface area contributed by atoms with E-state index in [2.05, 4.69) is 18.8 Å². The van der Waals surface area contributed by atoms with Crippen molar-refractivity contribution < 1.29 is 19.1 Å². The molecule has 1 N–H and O–H groups in total. The minimum atomic E-state index is -1.04. The summed E-state index contributed by atoms with van der Waals surface area (Å²) in [6.45, 7) is 11.4. The Bertz CT molecular complexity index is 573. The van der Waals surface area contributed by atoms with Crippen molar-refractivity contribution in [2.24, 2.45) is 17.3 Å². The highest BCUT2D eigenvalue weighted by Gasteiger charge is 2.49. The molecule has 1 heterocycles. The van der Waals surface area contributed by atoms with E-state index in [0.717, 1.165) is 51.5 Å². The second-order valence-electron chi connectivity index (χ2n) is 7.92. The van der Waals surface area contributed by atoms with Gasteiger partial charge in [0.05, 0.1) is 0 Å². The van der Waals surface area contributed by atoms with E-state index in [4.69, 9.17) is 9.47 Å². The summed E-state index contributed by atoms with van der Waals surface area (Å²) < 4.78 is 10.7. The number of esters is 1. The first kappa shape index (κ1) is 20.8. The molecule has 0 aromatic carbocycles. The van der Waals surface area contributed by atoms with Crippen LogP contribution in [0.4, 0.5) is 0 Å². The molecule has 0 saturated carbocycles. The first-order valence-corrected chi connectivity index (χ1v) is 9.64. The van der Waals surface area contributed by atoms with Gasteiger partial charge in [0.1, 0.15) is 12.2 Å². The van der Waals surface area contributed by atoms with Crippen molar-refractivity contribution in [3.63, 3.8) is 0 Å². The highest BCUT2D eigenvalue weighted by molar-refractivity contribution is 5.89. The fraction of sp³-hybridized carbons (Fsp3) is 0.714. The quantitative estimate of drug-likeness (QED) is 0.310. The van der Waals surface area contributed by atoms with E-state index in [0.29, 0.717) is 0 Å². The third-order valence-corrected chi connectivity index (χ3v) is 5.95. The van der Waals surface area contributed by atoms with Crippen molar-refractivity contribution in [1.82, 2.24) is 5.32 Å². The van der Waals surface area contributed by atoms with Gasteiger partial charge in [-0.25, -0.2) is 0 Å². The van der Waals surface area contributed by atoms with Crippen molar-refractivity contribution in [3.05, 3.63) is 23.8 Å². The largest absolute Gasteiger partial charge is 0.433 e. The minimum Gasteiger partial charge on any atom is -0.433 e. The summed E-state index contributed by atoms with van der Waals surface area (Å²) >= 11 is 0. The van der Waals surface area contributed by atoms with Gasteiger partial charge in [-0.3, -0.25) is 4.79 Å². The standard InChI is InChI=1S/C21H33NO4/c1-6-8-15-16(17(14-23)19(24)26-20(3,4)25-5)13-21(18(15)7-2)9-11-22-12-10-21/h7,14,16-17,22H,2,6,8-13H2,1,3-5H3. The topological polar surface area (TPSA) is 64.6 Å². The highest BCUT2D eigenvalue weighted by atomic mass is 16.7. The second kappa shape index (κ2) is 8.49. The molecule has 0 radical (unpaired) electrons. The van der Waals surface area contributed by atoms with Crippen LogP contribution in [-0.2, 0) is 19.1 Å². The number of aldehydes is 1. The highest BCUT2D eigenvalue weighted by Crippen LogP contribution is 2.55. The molecule has 2 atom stereocenters. The summed E-state index contributed by atoms with van der Waals surface area (Å²) in [5.74, 6) is -2.45. The number of nitrogens with one attached hydrogen (secondary N) is 1. The number of hydrogen-bond donors (Lipinski definition) is 1. The van der Waals surface area contributed by atoms with Crippen LogP contribution in [0.3, 0.4) is 0 Å². The zero-order valence-electron chi connectivity index (χ0n) is 16.6. The van der Waals surface area contributed by atoms with E-state index in [-0.39, 0.29) is 11.3 Å². The van der Waals surface area contributed by atoms with Gasteiger partial charge in [0.15, 0.2) is 0 Å². The van der Waals surface area contributed by atoms with Gasteiger partial charge in [-0.15, -0.1) is 0 Å². The minimum absolute atomic E-state index is 0.0283. The zero-order chi connectivity index (χ0) is 19.4. The lowest BCUT2D eigenvalue weighted by Crippen LogP contribution is -2.39. The fourth-order valence-electron chi connectivity index (χ4n) is 4.52. The van der Waals surface area contributed by atoms with Gasteiger partial charge in [0.25, 0.3) is 0 Å². The molecule has 2 rings (SSSR count). The van der Waals surface area contributed by atoms with Gasteiger partial charge >= 0.3 is 5.97 Å². The smallest absolute Gasteiger partial charge is 0.319 e. The van der Waals surface area contributed by atoms with E-state index >= 15 is 0 Å². The van der Waals surface area contributed by atoms with Crippen molar-refractivity contribution >= 4 is 12.3 Å². The van der Waals surface area contributed by atoms with Crippen LogP contribution in [0.1, 0.15) is 52.9 Å². The Morgan fingerprint density at radius 1 is 1.42 bits per heavy atom. The molecule has 1 fully saturated rings. The number of hydrogen-bond acceptors (Lipinski definition) is 5. The van der Waals surface area contributed by atoms with Crippen LogP contribution in [-0.4, -0.2) is 38.2 Å². The molecular formula is C21H33NO4. The Balaban J connectivity index is 2.36. The lowest BCUT2D eigenvalue weighted by Gasteiger charge is -2.36. The van der Waals surface area contributed by atoms with E-state index in [9.17, 15) is 9.59 Å². The van der Waals surface area contributed by atoms with E-state index < -0.39 is 17.7 Å². The Hall–Kier alpha value is -1.46. The summed E-state index contributed by atoms with van der Waals surface area (Å²) in [6, 6.07) is 0. The van der Waals surface area contributed by atoms with Crippen molar-refractivity contribution in [2.45, 2.75) is 58.7 Å². The van der Waals surface area contributed by atoms with E-state index in [1.54, 1.807) is 13.8 Å². The predicted molar refractivity (Wildman–Crippen MR) is 102 cm³/mol. The van der Waals surface area contributed by atoms with Gasteiger partial charge in [0, 0.05) is 26.9 Å². The first-order chi connectivity index (χ1) is 12.3. The number of carbonyl (C=O) groups is 2. The molecular weight excluding hydrogens is 330 g/mol. The zero-order valence-corrected chi connectivity index (χ0v) is 16.6. The maximum absolute atomic E-state index is 12.8. The molecule has 0 bridgehead atoms. The molecule has 2 aliphatic rings. The third-order valence-electron chi connectivity index (χ3n) is 5.95. The van der Waals surface area contributed by atoms with Crippen molar-refractivity contribution in [3.8, 4) is 0 Å². The lowest BCUT2D eigenvalue weighted by atomic mass is 9.72. The molecule has 5 heteroatoms. The molecule has 1 aliphatic heterocycles. The number of allylic oxidation sites excluding steroid dienone is 3. The van der Waals surface area contributed by atoms with Gasteiger partial charge < -0.3 is 19.6 Å². The maximum atomic E-state index is 12.8. The number of carbonyl (C=O) groups excluding carboxylic acids is 2. The first-order valence-electron chi connectivity index (χ1n) is 9.64. The summed E-state index contributed by atoms with van der Waals surface area (Å²) in [5, 5.41) is 3.41. The van der Waals surface area contributed by atoms with Gasteiger partial charge in [-0.1, -0.05) is 31.6 Å². The molecule has 0 amide bonds. The molecule has 1 saturated heterocycles. The monoisotopic (exact) mass is 363 g/mol. The van der Waals surface area contributed by atoms with Crippen LogP contribution in [0, 0.1) is 17.3 Å².